The second-order valence-electron chi connectivity index (χ2n) is 11.0. The van der Waals surface area contributed by atoms with Gasteiger partial charge in [-0.15, -0.1) is 0 Å². The Hall–Kier alpha value is -4.88. The fraction of sp³-hybridized carbons (Fsp3) is 0.242. The number of thiazole rings is 1. The molecule has 46 heavy (non-hydrogen) atoms. The van der Waals surface area contributed by atoms with E-state index in [0.717, 1.165) is 39.2 Å². The molecule has 236 valence electrons. The molecule has 11 nitrogen and oxygen atoms in total. The number of thioether (sulfide) groups is 1. The lowest BCUT2D eigenvalue weighted by Gasteiger charge is -2.31. The van der Waals surface area contributed by atoms with E-state index in [4.69, 9.17) is 4.74 Å². The zero-order valence-electron chi connectivity index (χ0n) is 25.1. The van der Waals surface area contributed by atoms with E-state index in [0.29, 0.717) is 26.8 Å². The van der Waals surface area contributed by atoms with Gasteiger partial charge in [-0.05, 0) is 73.2 Å². The molecule has 6 rings (SSSR count). The standard InChI is InChI=1S/C33H30N4O7S2/c1-4-44-32(42)19-7-13-22(14-8-19)37-29(40)26-25(18-5-11-21(12-6-18)35(2)3)28-31(45-27(26)30(37)41)36(33(43)46-28)17-24(39)34-20-9-15-23(38)16-10-20/h5-16,25-27,38H,4,17H2,1-3H3,(H,34,39)/t25-,26-,27+/m0/s1. The molecule has 0 bridgehead atoms. The average Bonchev–Trinajstić information content (AvgIpc) is 3.48. The number of fused-ring (bicyclic) bond motifs is 2. The Morgan fingerprint density at radius 2 is 1.61 bits per heavy atom. The highest BCUT2D eigenvalue weighted by molar-refractivity contribution is 8.00. The van der Waals surface area contributed by atoms with Crippen molar-refractivity contribution in [2.75, 3.05) is 35.8 Å². The summed E-state index contributed by atoms with van der Waals surface area (Å²) in [7, 11) is 3.83. The molecule has 13 heteroatoms. The highest BCUT2D eigenvalue weighted by Gasteiger charge is 2.56. The molecule has 2 aliphatic heterocycles. The molecule has 0 saturated carbocycles. The first kappa shape index (κ1) is 31.1. The first-order chi connectivity index (χ1) is 22.1. The number of amides is 3. The number of benzene rings is 3. The maximum atomic E-state index is 14.2. The van der Waals surface area contributed by atoms with Crippen molar-refractivity contribution < 1.29 is 29.0 Å². The third kappa shape index (κ3) is 5.67. The third-order valence-corrected chi connectivity index (χ3v) is 10.5. The Balaban J connectivity index is 1.38. The lowest BCUT2D eigenvalue weighted by molar-refractivity contribution is -0.122. The smallest absolute Gasteiger partial charge is 0.338 e. The number of nitrogens with one attached hydrogen (secondary N) is 1. The molecule has 0 unspecified atom stereocenters. The van der Waals surface area contributed by atoms with Crippen LogP contribution in [0.25, 0.3) is 0 Å². The molecule has 4 aromatic rings. The van der Waals surface area contributed by atoms with Gasteiger partial charge in [0.2, 0.25) is 17.7 Å². The predicted octanol–water partition coefficient (Wildman–Crippen LogP) is 4.29. The van der Waals surface area contributed by atoms with E-state index in [1.165, 1.54) is 28.8 Å². The minimum Gasteiger partial charge on any atom is -0.508 e. The Labute approximate surface area is 272 Å². The van der Waals surface area contributed by atoms with E-state index in [2.05, 4.69) is 5.32 Å². The lowest BCUT2D eigenvalue weighted by atomic mass is 9.83. The highest BCUT2D eigenvalue weighted by atomic mass is 32.2. The van der Waals surface area contributed by atoms with Crippen molar-refractivity contribution in [3.05, 3.63) is 98.5 Å². The summed E-state index contributed by atoms with van der Waals surface area (Å²) in [5.41, 5.74) is 2.79. The van der Waals surface area contributed by atoms with Crippen LogP contribution in [-0.2, 0) is 25.7 Å². The molecular weight excluding hydrogens is 629 g/mol. The minimum absolute atomic E-state index is 0.0523. The zero-order valence-corrected chi connectivity index (χ0v) is 26.8. The molecular formula is C33H30N4O7S2. The zero-order chi connectivity index (χ0) is 32.7. The Morgan fingerprint density at radius 1 is 0.935 bits per heavy atom. The first-order valence-corrected chi connectivity index (χ1v) is 16.2. The SMILES string of the molecule is CCOC(=O)c1ccc(N2C(=O)[C@H]3[C@H](c4ccc(N(C)C)cc4)c4sc(=O)n(CC(=O)Nc5ccc(O)cc5)c4S[C@H]3C2=O)cc1. The maximum Gasteiger partial charge on any atom is 0.338 e. The van der Waals surface area contributed by atoms with Crippen molar-refractivity contribution in [2.24, 2.45) is 5.92 Å². The summed E-state index contributed by atoms with van der Waals surface area (Å²) >= 11 is 2.09. The number of hydrogen-bond acceptors (Lipinski definition) is 10. The van der Waals surface area contributed by atoms with Gasteiger partial charge in [-0.3, -0.25) is 23.7 Å². The van der Waals surface area contributed by atoms with Crippen LogP contribution in [0, 0.1) is 5.92 Å². The first-order valence-electron chi connectivity index (χ1n) is 14.5. The molecule has 1 saturated heterocycles. The number of phenols is 1. The van der Waals surface area contributed by atoms with Crippen molar-refractivity contribution in [1.82, 2.24) is 4.57 Å². The number of ether oxygens (including phenoxy) is 1. The number of nitrogens with zero attached hydrogens (tertiary/aromatic N) is 3. The number of phenolic OH excluding ortho intramolecular Hbond substituents is 1. The van der Waals surface area contributed by atoms with Gasteiger partial charge in [-0.2, -0.15) is 0 Å². The largest absolute Gasteiger partial charge is 0.508 e. The van der Waals surface area contributed by atoms with Gasteiger partial charge in [-0.1, -0.05) is 35.2 Å². The molecule has 3 heterocycles. The van der Waals surface area contributed by atoms with E-state index < -0.39 is 40.8 Å². The highest BCUT2D eigenvalue weighted by Crippen LogP contribution is 2.54. The summed E-state index contributed by atoms with van der Waals surface area (Å²) in [6, 6.07) is 19.7. The van der Waals surface area contributed by atoms with E-state index >= 15 is 0 Å². The number of anilines is 3. The van der Waals surface area contributed by atoms with Gasteiger partial charge in [0.25, 0.3) is 0 Å². The van der Waals surface area contributed by atoms with E-state index in [1.54, 1.807) is 31.2 Å². The summed E-state index contributed by atoms with van der Waals surface area (Å²) in [6.07, 6.45) is 0. The molecule has 1 aromatic heterocycles. The quantitative estimate of drug-likeness (QED) is 0.161. The average molecular weight is 659 g/mol. The molecule has 1 fully saturated rings. The number of aromatic nitrogens is 1. The Morgan fingerprint density at radius 3 is 2.24 bits per heavy atom. The molecule has 3 aromatic carbocycles. The van der Waals surface area contributed by atoms with E-state index in [-0.39, 0.29) is 23.8 Å². The summed E-state index contributed by atoms with van der Waals surface area (Å²) in [5.74, 6) is -3.18. The third-order valence-electron chi connectivity index (χ3n) is 7.91. The predicted molar refractivity (Wildman–Crippen MR) is 176 cm³/mol. The van der Waals surface area contributed by atoms with Crippen LogP contribution in [0.4, 0.5) is 17.1 Å². The fourth-order valence-corrected chi connectivity index (χ4v) is 8.47. The van der Waals surface area contributed by atoms with Crippen molar-refractivity contribution in [1.29, 1.82) is 0 Å². The van der Waals surface area contributed by atoms with Crippen molar-refractivity contribution in [3.8, 4) is 5.75 Å². The van der Waals surface area contributed by atoms with Gasteiger partial charge in [0.1, 0.15) is 17.5 Å². The second-order valence-corrected chi connectivity index (χ2v) is 13.1. The summed E-state index contributed by atoms with van der Waals surface area (Å²) < 4.78 is 6.41. The van der Waals surface area contributed by atoms with Crippen molar-refractivity contribution in [3.63, 3.8) is 0 Å². The summed E-state index contributed by atoms with van der Waals surface area (Å²) in [4.78, 5) is 70.1. The van der Waals surface area contributed by atoms with Crippen LogP contribution >= 0.6 is 23.1 Å². The summed E-state index contributed by atoms with van der Waals surface area (Å²) in [6.45, 7) is 1.62. The second kappa shape index (κ2) is 12.5. The van der Waals surface area contributed by atoms with Gasteiger partial charge in [0, 0.05) is 36.3 Å². The number of aromatic hydroxyl groups is 1. The molecule has 3 atom stereocenters. The van der Waals surface area contributed by atoms with Crippen molar-refractivity contribution >= 4 is 63.9 Å². The van der Waals surface area contributed by atoms with Crippen LogP contribution in [0.5, 0.6) is 5.75 Å². The normalized spacial score (nSPS) is 18.6. The van der Waals surface area contributed by atoms with Crippen molar-refractivity contribution in [2.45, 2.75) is 29.7 Å². The molecule has 0 aliphatic carbocycles. The van der Waals surface area contributed by atoms with Crippen LogP contribution < -0.4 is 20.0 Å². The van der Waals surface area contributed by atoms with Gasteiger partial charge in [0.05, 0.1) is 28.8 Å². The van der Waals surface area contributed by atoms with Gasteiger partial charge < -0.3 is 20.1 Å². The molecule has 0 radical (unpaired) electrons. The van der Waals surface area contributed by atoms with Gasteiger partial charge in [-0.25, -0.2) is 9.69 Å². The van der Waals surface area contributed by atoms with Crippen LogP contribution in [0.2, 0.25) is 0 Å². The van der Waals surface area contributed by atoms with E-state index in [1.807, 2.05) is 43.3 Å². The number of rotatable bonds is 8. The van der Waals surface area contributed by atoms with Crippen LogP contribution in [-0.4, -0.2) is 59.3 Å². The molecule has 2 aliphatic rings. The summed E-state index contributed by atoms with van der Waals surface area (Å²) in [5, 5.41) is 11.9. The van der Waals surface area contributed by atoms with Crippen LogP contribution in [0.15, 0.2) is 82.6 Å². The molecule has 3 amide bonds. The van der Waals surface area contributed by atoms with Crippen LogP contribution in [0.1, 0.15) is 33.6 Å². The Bertz CT molecular complexity index is 1880. The van der Waals surface area contributed by atoms with Gasteiger partial charge >= 0.3 is 10.8 Å². The molecule has 0 spiro atoms. The number of hydrogen-bond donors (Lipinski definition) is 2. The van der Waals surface area contributed by atoms with E-state index in [9.17, 15) is 29.1 Å². The number of carbonyl (C=O) groups is 4. The number of esters is 1. The minimum atomic E-state index is -0.858. The monoisotopic (exact) mass is 658 g/mol. The number of carbonyl (C=O) groups excluding carboxylic acids is 4. The Kier molecular flexibility index (Phi) is 8.45. The lowest BCUT2D eigenvalue weighted by Crippen LogP contribution is -2.33. The topological polar surface area (TPSA) is 138 Å². The molecule has 2 N–H and O–H groups in total. The maximum absolute atomic E-state index is 14.2. The fourth-order valence-electron chi connectivity index (χ4n) is 5.70. The van der Waals surface area contributed by atoms with Gasteiger partial charge in [0.15, 0.2) is 0 Å². The number of imide groups is 1. The van der Waals surface area contributed by atoms with Crippen LogP contribution in [0.3, 0.4) is 0 Å².